The first kappa shape index (κ1) is 14.7. The first-order valence-corrected chi connectivity index (χ1v) is 6.50. The summed E-state index contributed by atoms with van der Waals surface area (Å²) in [6, 6.07) is 9.41. The molecule has 4 nitrogen and oxygen atoms in total. The van der Waals surface area contributed by atoms with Gasteiger partial charge in [0.05, 0.1) is 0 Å². The summed E-state index contributed by atoms with van der Waals surface area (Å²) in [6.45, 7) is 3.48. The minimum Gasteiger partial charge on any atom is -0.313 e. The van der Waals surface area contributed by atoms with Crippen molar-refractivity contribution in [3.05, 3.63) is 65.3 Å². The van der Waals surface area contributed by atoms with Gasteiger partial charge in [0.25, 0.3) is 0 Å². The summed E-state index contributed by atoms with van der Waals surface area (Å²) in [5.41, 5.74) is 2.69. The van der Waals surface area contributed by atoms with Crippen molar-refractivity contribution in [2.45, 2.75) is 13.8 Å². The molecule has 0 unspecified atom stereocenters. The van der Waals surface area contributed by atoms with Crippen molar-refractivity contribution in [3.63, 3.8) is 0 Å². The van der Waals surface area contributed by atoms with Crippen molar-refractivity contribution < 1.29 is 14.4 Å². The molecule has 0 bridgehead atoms. The zero-order valence-corrected chi connectivity index (χ0v) is 11.9. The quantitative estimate of drug-likeness (QED) is 0.370. The number of hydrogen-bond donors (Lipinski definition) is 0. The van der Waals surface area contributed by atoms with Gasteiger partial charge >= 0.3 is 5.97 Å². The molecule has 0 spiro atoms. The van der Waals surface area contributed by atoms with E-state index in [0.29, 0.717) is 16.9 Å². The Labute approximate surface area is 123 Å². The Kier molecular flexibility index (Phi) is 4.61. The molecule has 1 aliphatic carbocycles. The van der Waals surface area contributed by atoms with E-state index in [1.807, 2.05) is 30.3 Å². The van der Waals surface area contributed by atoms with Crippen molar-refractivity contribution in [2.75, 3.05) is 0 Å². The monoisotopic (exact) mass is 281 g/mol. The number of allylic oxidation sites excluding steroid dienone is 4. The van der Waals surface area contributed by atoms with Crippen LogP contribution in [0.4, 0.5) is 0 Å². The third-order valence-corrected chi connectivity index (χ3v) is 3.15. The summed E-state index contributed by atoms with van der Waals surface area (Å²) in [6.07, 6.45) is 5.91. The number of carbonyl (C=O) groups excluding carboxylic acids is 2. The molecular weight excluding hydrogens is 266 g/mol. The molecule has 0 fully saturated rings. The summed E-state index contributed by atoms with van der Waals surface area (Å²) < 4.78 is 0. The molecule has 0 heterocycles. The third kappa shape index (κ3) is 3.86. The average Bonchev–Trinajstić information content (AvgIpc) is 2.51. The maximum Gasteiger partial charge on any atom is 0.358 e. The largest absolute Gasteiger partial charge is 0.358 e. The molecule has 106 valence electrons. The van der Waals surface area contributed by atoms with Crippen molar-refractivity contribution in [1.82, 2.24) is 0 Å². The lowest BCUT2D eigenvalue weighted by atomic mass is 9.97. The molecule has 0 amide bonds. The fourth-order valence-electron chi connectivity index (χ4n) is 1.73. The molecule has 0 N–H and O–H groups in total. The SMILES string of the molecule is CC1=C(C)C(=NOC(=O)/C=C/c2ccccc2)C=CC1=O. The molecule has 0 saturated carbocycles. The third-order valence-electron chi connectivity index (χ3n) is 3.15. The average molecular weight is 281 g/mol. The van der Waals surface area contributed by atoms with E-state index in [1.165, 1.54) is 12.2 Å². The second kappa shape index (κ2) is 6.61. The van der Waals surface area contributed by atoms with Crippen LogP contribution in [0.15, 0.2) is 64.9 Å². The number of benzene rings is 1. The number of carbonyl (C=O) groups is 2. The van der Waals surface area contributed by atoms with Gasteiger partial charge in [-0.05, 0) is 43.2 Å². The van der Waals surface area contributed by atoms with E-state index in [4.69, 9.17) is 4.84 Å². The standard InChI is InChI=1S/C17H15NO3/c1-12-13(2)16(19)10-9-15(12)18-21-17(20)11-8-14-6-4-3-5-7-14/h3-11H,1-2H3/b11-8+,18-15?. The number of oxime groups is 1. The highest BCUT2D eigenvalue weighted by atomic mass is 16.7. The minimum atomic E-state index is -0.567. The van der Waals surface area contributed by atoms with Gasteiger partial charge in [-0.15, -0.1) is 0 Å². The summed E-state index contributed by atoms with van der Waals surface area (Å²) in [7, 11) is 0. The van der Waals surface area contributed by atoms with Gasteiger partial charge in [-0.2, -0.15) is 0 Å². The molecule has 2 rings (SSSR count). The number of rotatable bonds is 3. The summed E-state index contributed by atoms with van der Waals surface area (Å²) >= 11 is 0. The number of hydrogen-bond acceptors (Lipinski definition) is 4. The fraction of sp³-hybridized carbons (Fsp3) is 0.118. The van der Waals surface area contributed by atoms with Crippen LogP contribution >= 0.6 is 0 Å². The molecule has 0 atom stereocenters. The maximum absolute atomic E-state index is 11.6. The zero-order valence-electron chi connectivity index (χ0n) is 11.9. The van der Waals surface area contributed by atoms with Crippen molar-refractivity contribution in [3.8, 4) is 0 Å². The van der Waals surface area contributed by atoms with E-state index in [2.05, 4.69) is 5.16 Å². The van der Waals surface area contributed by atoms with E-state index in [0.717, 1.165) is 5.56 Å². The summed E-state index contributed by atoms with van der Waals surface area (Å²) in [5, 5.41) is 3.78. The lowest BCUT2D eigenvalue weighted by Gasteiger charge is -2.09. The Balaban J connectivity index is 2.01. The van der Waals surface area contributed by atoms with E-state index in [1.54, 1.807) is 26.0 Å². The van der Waals surface area contributed by atoms with E-state index in [9.17, 15) is 9.59 Å². The minimum absolute atomic E-state index is 0.0539. The Morgan fingerprint density at radius 3 is 2.52 bits per heavy atom. The topological polar surface area (TPSA) is 55.7 Å². The van der Waals surface area contributed by atoms with Gasteiger partial charge in [-0.25, -0.2) is 4.79 Å². The van der Waals surface area contributed by atoms with Crippen LogP contribution in [0.2, 0.25) is 0 Å². The smallest absolute Gasteiger partial charge is 0.313 e. The van der Waals surface area contributed by atoms with E-state index in [-0.39, 0.29) is 5.78 Å². The van der Waals surface area contributed by atoms with Gasteiger partial charge in [0.2, 0.25) is 0 Å². The Hall–Kier alpha value is -2.75. The molecule has 4 heteroatoms. The van der Waals surface area contributed by atoms with Crippen LogP contribution in [-0.4, -0.2) is 17.5 Å². The normalized spacial score (nSPS) is 16.9. The predicted octanol–water partition coefficient (Wildman–Crippen LogP) is 3.07. The zero-order chi connectivity index (χ0) is 15.2. The lowest BCUT2D eigenvalue weighted by Crippen LogP contribution is -2.12. The van der Waals surface area contributed by atoms with Crippen LogP contribution in [0.3, 0.4) is 0 Å². The molecule has 0 radical (unpaired) electrons. The van der Waals surface area contributed by atoms with Crippen LogP contribution in [0.1, 0.15) is 19.4 Å². The predicted molar refractivity (Wildman–Crippen MR) is 81.5 cm³/mol. The van der Waals surface area contributed by atoms with Gasteiger partial charge in [-0.3, -0.25) is 4.79 Å². The number of ketones is 1. The van der Waals surface area contributed by atoms with E-state index >= 15 is 0 Å². The Morgan fingerprint density at radius 1 is 1.10 bits per heavy atom. The van der Waals surface area contributed by atoms with Crippen molar-refractivity contribution >= 4 is 23.5 Å². The fourth-order valence-corrected chi connectivity index (χ4v) is 1.73. The highest BCUT2D eigenvalue weighted by molar-refractivity contribution is 6.21. The molecule has 0 aromatic heterocycles. The molecule has 0 saturated heterocycles. The first-order valence-electron chi connectivity index (χ1n) is 6.50. The van der Waals surface area contributed by atoms with Crippen LogP contribution in [0.5, 0.6) is 0 Å². The van der Waals surface area contributed by atoms with Crippen LogP contribution in [0, 0.1) is 0 Å². The second-order valence-electron chi connectivity index (χ2n) is 4.58. The van der Waals surface area contributed by atoms with Gasteiger partial charge < -0.3 is 4.84 Å². The molecule has 1 aromatic carbocycles. The van der Waals surface area contributed by atoms with Gasteiger partial charge in [0.15, 0.2) is 5.78 Å². The van der Waals surface area contributed by atoms with E-state index < -0.39 is 5.97 Å². The van der Waals surface area contributed by atoms with Crippen LogP contribution < -0.4 is 0 Å². The van der Waals surface area contributed by atoms with Crippen LogP contribution in [-0.2, 0) is 14.4 Å². The molecule has 21 heavy (non-hydrogen) atoms. The second-order valence-corrected chi connectivity index (χ2v) is 4.58. The van der Waals surface area contributed by atoms with Crippen molar-refractivity contribution in [1.29, 1.82) is 0 Å². The maximum atomic E-state index is 11.6. The van der Waals surface area contributed by atoms with Crippen molar-refractivity contribution in [2.24, 2.45) is 5.16 Å². The molecule has 0 aliphatic heterocycles. The van der Waals surface area contributed by atoms with Gasteiger partial charge in [0, 0.05) is 11.6 Å². The van der Waals surface area contributed by atoms with Crippen LogP contribution in [0.25, 0.3) is 6.08 Å². The first-order chi connectivity index (χ1) is 10.1. The van der Waals surface area contributed by atoms with Gasteiger partial charge in [0.1, 0.15) is 5.71 Å². The number of nitrogens with zero attached hydrogens (tertiary/aromatic N) is 1. The van der Waals surface area contributed by atoms with Gasteiger partial charge in [-0.1, -0.05) is 35.5 Å². The summed E-state index contributed by atoms with van der Waals surface area (Å²) in [5.74, 6) is -0.621. The summed E-state index contributed by atoms with van der Waals surface area (Å²) in [4.78, 5) is 27.8. The molecule has 1 aromatic rings. The Morgan fingerprint density at radius 2 is 1.81 bits per heavy atom. The highest BCUT2D eigenvalue weighted by Gasteiger charge is 2.14. The molecule has 1 aliphatic rings. The molecular formula is C17H15NO3. The highest BCUT2D eigenvalue weighted by Crippen LogP contribution is 2.14. The lowest BCUT2D eigenvalue weighted by molar-refractivity contribution is -0.137. The Bertz CT molecular complexity index is 679.